The normalized spacial score (nSPS) is 13.9. The monoisotopic (exact) mass is 489 g/mol. The Morgan fingerprint density at radius 3 is 2.61 bits per heavy atom. The van der Waals surface area contributed by atoms with Crippen LogP contribution in [0, 0.1) is 0 Å². The Morgan fingerprint density at radius 1 is 1.08 bits per heavy atom. The lowest BCUT2D eigenvalue weighted by molar-refractivity contribution is -0.140. The summed E-state index contributed by atoms with van der Waals surface area (Å²) in [5, 5.41) is 3.44. The number of pyridine rings is 1. The predicted molar refractivity (Wildman–Crippen MR) is 130 cm³/mol. The largest absolute Gasteiger partial charge is 0.434 e. The summed E-state index contributed by atoms with van der Waals surface area (Å²) < 4.78 is 40.5. The van der Waals surface area contributed by atoms with Crippen molar-refractivity contribution in [2.45, 2.75) is 31.5 Å². The van der Waals surface area contributed by atoms with Crippen LogP contribution in [0.2, 0.25) is 0 Å². The topological polar surface area (TPSA) is 84.3 Å². The fourth-order valence-electron chi connectivity index (χ4n) is 4.21. The molecular formula is C26H22F3N7. The number of aromatic amines is 1. The standard InChI is InChI=1S/C26H22F3N7/c1-36-14-21(26(27,28)29)34-25(36)16-6-4-15(5-7-16)11-17-12-31-20-13-32-24(35-22(17)20)19-3-2-10-30-23(19)33-18-8-9-18/h2-7,10,12-14,18,31H,8-9,11H2,1H3,(H,30,33). The quantitative estimate of drug-likeness (QED) is 0.324. The highest BCUT2D eigenvalue weighted by molar-refractivity contribution is 5.82. The summed E-state index contributed by atoms with van der Waals surface area (Å²) in [5.74, 6) is 1.66. The van der Waals surface area contributed by atoms with Crippen LogP contribution in [-0.2, 0) is 19.6 Å². The second-order valence-corrected chi connectivity index (χ2v) is 9.02. The molecule has 1 fully saturated rings. The lowest BCUT2D eigenvalue weighted by Crippen LogP contribution is -2.05. The molecule has 0 saturated heterocycles. The summed E-state index contributed by atoms with van der Waals surface area (Å²) >= 11 is 0. The number of hydrogen-bond acceptors (Lipinski definition) is 5. The van der Waals surface area contributed by atoms with E-state index >= 15 is 0 Å². The summed E-state index contributed by atoms with van der Waals surface area (Å²) in [4.78, 5) is 20.9. The second-order valence-electron chi connectivity index (χ2n) is 9.02. The van der Waals surface area contributed by atoms with Crippen LogP contribution < -0.4 is 5.32 Å². The number of rotatable bonds is 6. The Labute approximate surface area is 204 Å². The van der Waals surface area contributed by atoms with E-state index in [1.165, 1.54) is 4.57 Å². The SMILES string of the molecule is Cn1cc(C(F)(F)F)nc1-c1ccc(Cc2c[nH]c3cnc(-c4cccnc4NC4CC4)nc23)cc1. The van der Waals surface area contributed by atoms with Crippen molar-refractivity contribution >= 4 is 16.9 Å². The first-order valence-corrected chi connectivity index (χ1v) is 11.6. The van der Waals surface area contributed by atoms with E-state index in [4.69, 9.17) is 4.98 Å². The van der Waals surface area contributed by atoms with E-state index in [1.807, 2.05) is 30.5 Å². The lowest BCUT2D eigenvalue weighted by Gasteiger charge is -2.09. The minimum Gasteiger partial charge on any atom is -0.367 e. The third kappa shape index (κ3) is 4.30. The maximum absolute atomic E-state index is 13.0. The van der Waals surface area contributed by atoms with Gasteiger partial charge in [0.05, 0.1) is 22.8 Å². The number of halogens is 3. The molecule has 36 heavy (non-hydrogen) atoms. The smallest absolute Gasteiger partial charge is 0.367 e. The van der Waals surface area contributed by atoms with Gasteiger partial charge in [-0.3, -0.25) is 0 Å². The Morgan fingerprint density at radius 2 is 1.89 bits per heavy atom. The number of nitrogens with zero attached hydrogens (tertiary/aromatic N) is 5. The zero-order valence-electron chi connectivity index (χ0n) is 19.3. The van der Waals surface area contributed by atoms with Crippen LogP contribution >= 0.6 is 0 Å². The molecular weight excluding hydrogens is 467 g/mol. The molecule has 0 atom stereocenters. The number of H-pyrrole nitrogens is 1. The summed E-state index contributed by atoms with van der Waals surface area (Å²) in [5.41, 5.74) is 4.23. The molecule has 10 heteroatoms. The molecule has 0 spiro atoms. The summed E-state index contributed by atoms with van der Waals surface area (Å²) in [6.45, 7) is 0. The maximum Gasteiger partial charge on any atom is 0.434 e. The molecule has 5 aromatic rings. The highest BCUT2D eigenvalue weighted by Crippen LogP contribution is 2.32. The second kappa shape index (κ2) is 8.47. The van der Waals surface area contributed by atoms with E-state index in [1.54, 1.807) is 31.6 Å². The fourth-order valence-corrected chi connectivity index (χ4v) is 4.21. The Balaban J connectivity index is 1.27. The average Bonchev–Trinajstić information content (AvgIpc) is 3.46. The predicted octanol–water partition coefficient (Wildman–Crippen LogP) is 5.60. The van der Waals surface area contributed by atoms with Gasteiger partial charge in [0.15, 0.2) is 11.5 Å². The summed E-state index contributed by atoms with van der Waals surface area (Å²) in [6.07, 6.45) is 4.85. The van der Waals surface area contributed by atoms with Crippen LogP contribution in [0.25, 0.3) is 33.8 Å². The first-order chi connectivity index (χ1) is 17.3. The number of alkyl halides is 3. The van der Waals surface area contributed by atoms with E-state index in [9.17, 15) is 13.2 Å². The lowest BCUT2D eigenvalue weighted by atomic mass is 10.0. The van der Waals surface area contributed by atoms with E-state index in [0.29, 0.717) is 23.9 Å². The van der Waals surface area contributed by atoms with Crippen molar-refractivity contribution in [1.29, 1.82) is 0 Å². The minimum absolute atomic E-state index is 0.269. The summed E-state index contributed by atoms with van der Waals surface area (Å²) in [7, 11) is 1.56. The number of aromatic nitrogens is 6. The van der Waals surface area contributed by atoms with Gasteiger partial charge in [-0.15, -0.1) is 0 Å². The molecule has 7 nitrogen and oxygen atoms in total. The van der Waals surface area contributed by atoms with Crippen LogP contribution in [0.1, 0.15) is 29.7 Å². The van der Waals surface area contributed by atoms with Crippen LogP contribution in [0.5, 0.6) is 0 Å². The zero-order chi connectivity index (χ0) is 24.9. The molecule has 1 aromatic carbocycles. The van der Waals surface area contributed by atoms with Gasteiger partial charge >= 0.3 is 6.18 Å². The first-order valence-electron chi connectivity index (χ1n) is 11.6. The number of imidazole rings is 1. The molecule has 1 aliphatic rings. The van der Waals surface area contributed by atoms with E-state index < -0.39 is 11.9 Å². The fraction of sp³-hybridized carbons (Fsp3) is 0.231. The van der Waals surface area contributed by atoms with Crippen molar-refractivity contribution in [3.63, 3.8) is 0 Å². The number of aryl methyl sites for hydroxylation is 1. The van der Waals surface area contributed by atoms with Gasteiger partial charge in [0.2, 0.25) is 0 Å². The van der Waals surface area contributed by atoms with Crippen molar-refractivity contribution in [1.82, 2.24) is 29.5 Å². The van der Waals surface area contributed by atoms with Gasteiger partial charge in [0.1, 0.15) is 11.6 Å². The van der Waals surface area contributed by atoms with Crippen LogP contribution in [0.15, 0.2) is 61.2 Å². The van der Waals surface area contributed by atoms with Gasteiger partial charge in [-0.1, -0.05) is 24.3 Å². The van der Waals surface area contributed by atoms with Gasteiger partial charge < -0.3 is 14.9 Å². The molecule has 2 N–H and O–H groups in total. The molecule has 182 valence electrons. The third-order valence-corrected chi connectivity index (χ3v) is 6.24. The molecule has 0 radical (unpaired) electrons. The van der Waals surface area contributed by atoms with Gasteiger partial charge in [0, 0.05) is 49.2 Å². The molecule has 0 unspecified atom stereocenters. The Kier molecular flexibility index (Phi) is 5.24. The maximum atomic E-state index is 13.0. The van der Waals surface area contributed by atoms with Crippen LogP contribution in [-0.4, -0.2) is 35.5 Å². The number of anilines is 1. The summed E-state index contributed by atoms with van der Waals surface area (Å²) in [6, 6.07) is 11.7. The first kappa shape index (κ1) is 22.3. The van der Waals surface area contributed by atoms with E-state index in [0.717, 1.165) is 52.6 Å². The molecule has 0 bridgehead atoms. The molecule has 1 saturated carbocycles. The van der Waals surface area contributed by atoms with Crippen molar-refractivity contribution in [3.05, 3.63) is 78.0 Å². The van der Waals surface area contributed by atoms with Crippen molar-refractivity contribution < 1.29 is 13.2 Å². The molecule has 4 aromatic heterocycles. The number of nitrogens with one attached hydrogen (secondary N) is 2. The molecule has 1 aliphatic carbocycles. The van der Waals surface area contributed by atoms with Gasteiger partial charge in [-0.25, -0.2) is 19.9 Å². The number of fused-ring (bicyclic) bond motifs is 1. The van der Waals surface area contributed by atoms with Crippen LogP contribution in [0.4, 0.5) is 19.0 Å². The highest BCUT2D eigenvalue weighted by Gasteiger charge is 2.34. The van der Waals surface area contributed by atoms with Gasteiger partial charge in [-0.2, -0.15) is 13.2 Å². The minimum atomic E-state index is -4.48. The molecule has 4 heterocycles. The van der Waals surface area contributed by atoms with Crippen LogP contribution in [0.3, 0.4) is 0 Å². The average molecular weight is 490 g/mol. The Bertz CT molecular complexity index is 1550. The van der Waals surface area contributed by atoms with E-state index in [2.05, 4.69) is 25.3 Å². The molecule has 0 amide bonds. The zero-order valence-corrected chi connectivity index (χ0v) is 19.3. The van der Waals surface area contributed by atoms with E-state index in [-0.39, 0.29) is 5.82 Å². The van der Waals surface area contributed by atoms with Crippen molar-refractivity contribution in [2.24, 2.45) is 7.05 Å². The Hall–Kier alpha value is -4.21. The van der Waals surface area contributed by atoms with Gasteiger partial charge in [0.25, 0.3) is 0 Å². The molecule has 0 aliphatic heterocycles. The van der Waals surface area contributed by atoms with Crippen molar-refractivity contribution in [3.8, 4) is 22.8 Å². The van der Waals surface area contributed by atoms with Crippen molar-refractivity contribution in [2.75, 3.05) is 5.32 Å². The molecule has 6 rings (SSSR count). The number of hydrogen-bond donors (Lipinski definition) is 2. The number of benzene rings is 1. The van der Waals surface area contributed by atoms with Gasteiger partial charge in [-0.05, 0) is 30.5 Å². The highest BCUT2D eigenvalue weighted by atomic mass is 19.4. The third-order valence-electron chi connectivity index (χ3n) is 6.24.